The number of carbonyl (C=O) groups is 2. The van der Waals surface area contributed by atoms with Gasteiger partial charge in [-0.25, -0.2) is 4.21 Å². The van der Waals surface area contributed by atoms with Crippen LogP contribution in [0.15, 0.2) is 65.3 Å². The Balaban J connectivity index is 1.59. The average molecular weight is 461 g/mol. The van der Waals surface area contributed by atoms with E-state index >= 15 is 0 Å². The van der Waals surface area contributed by atoms with Crippen molar-refractivity contribution in [3.8, 4) is 0 Å². The van der Waals surface area contributed by atoms with E-state index in [2.05, 4.69) is 20.4 Å². The molecule has 172 valence electrons. The van der Waals surface area contributed by atoms with E-state index in [4.69, 9.17) is 0 Å². The number of benzene rings is 1. The third-order valence-electron chi connectivity index (χ3n) is 9.36. The monoisotopic (exact) mass is 460 g/mol. The Morgan fingerprint density at radius 3 is 2.45 bits per heavy atom. The highest BCUT2D eigenvalue weighted by atomic mass is 32.1. The lowest BCUT2D eigenvalue weighted by Gasteiger charge is -2.58. The van der Waals surface area contributed by atoms with E-state index in [0.29, 0.717) is 40.3 Å². The molecule has 1 aromatic carbocycles. The Morgan fingerprint density at radius 1 is 1.06 bits per heavy atom. The number of ketones is 2. The standard InChI is InChI=1S/C29H32O3S/c1-17-14-21-23(28(3)12-10-20(31)15-24(17)28)11-13-29(4)25(21)16-22(26(29)18(2)30)27(33-32)19-8-6-5-7-9-19/h5-9,15,21,23,25H,1,10-14,16H2,2-4H3/t21-,23+,25+,28-,29+/m1/s1. The number of allylic oxidation sites excluding steroid dienone is 5. The summed E-state index contributed by atoms with van der Waals surface area (Å²) in [4.78, 5) is 26.0. The molecule has 4 aliphatic carbocycles. The van der Waals surface area contributed by atoms with Crippen molar-refractivity contribution in [2.24, 2.45) is 28.6 Å². The normalized spacial score (nSPS) is 35.4. The molecule has 0 bridgehead atoms. The molecule has 0 unspecified atom stereocenters. The molecule has 2 fully saturated rings. The highest BCUT2D eigenvalue weighted by Gasteiger charge is 2.60. The zero-order valence-electron chi connectivity index (χ0n) is 19.8. The summed E-state index contributed by atoms with van der Waals surface area (Å²) in [6, 6.07) is 9.79. The van der Waals surface area contributed by atoms with E-state index in [-0.39, 0.29) is 22.4 Å². The van der Waals surface area contributed by atoms with Gasteiger partial charge in [0.05, 0.1) is 16.1 Å². The van der Waals surface area contributed by atoms with Crippen molar-refractivity contribution < 1.29 is 13.8 Å². The fourth-order valence-electron chi connectivity index (χ4n) is 7.92. The molecular weight excluding hydrogens is 428 g/mol. The van der Waals surface area contributed by atoms with Crippen LogP contribution >= 0.6 is 0 Å². The quantitative estimate of drug-likeness (QED) is 0.435. The van der Waals surface area contributed by atoms with E-state index in [1.165, 1.54) is 5.57 Å². The van der Waals surface area contributed by atoms with Gasteiger partial charge in [-0.1, -0.05) is 56.3 Å². The number of fused-ring (bicyclic) bond motifs is 5. The molecule has 0 aliphatic heterocycles. The lowest BCUT2D eigenvalue weighted by Crippen LogP contribution is -2.50. The molecule has 1 aromatic rings. The molecule has 33 heavy (non-hydrogen) atoms. The predicted octanol–water partition coefficient (Wildman–Crippen LogP) is 5.61. The fraction of sp³-hybridized carbons (Fsp3) is 0.483. The smallest absolute Gasteiger partial charge is 0.156 e. The fourth-order valence-corrected chi connectivity index (χ4v) is 8.44. The second-order valence-corrected chi connectivity index (χ2v) is 11.5. The van der Waals surface area contributed by atoms with Crippen LogP contribution < -0.4 is 0 Å². The Kier molecular flexibility index (Phi) is 5.36. The first-order valence-electron chi connectivity index (χ1n) is 12.1. The number of Topliss-reactive ketones (excluding diaryl/α,β-unsaturated/α-hetero) is 1. The molecule has 0 spiro atoms. The molecular formula is C29H32O3S. The number of hydrogen-bond donors (Lipinski definition) is 0. The minimum atomic E-state index is -0.222. The first-order chi connectivity index (χ1) is 15.7. The maximum absolute atomic E-state index is 13.1. The van der Waals surface area contributed by atoms with Crippen molar-refractivity contribution >= 4 is 27.7 Å². The van der Waals surface area contributed by atoms with E-state index in [1.54, 1.807) is 6.92 Å². The third-order valence-corrected chi connectivity index (χ3v) is 10.0. The lowest BCUT2D eigenvalue weighted by molar-refractivity contribution is -0.118. The Hall–Kier alpha value is -2.33. The molecule has 4 heteroatoms. The van der Waals surface area contributed by atoms with E-state index < -0.39 is 0 Å². The van der Waals surface area contributed by atoms with Gasteiger partial charge in [0.15, 0.2) is 11.6 Å². The van der Waals surface area contributed by atoms with Gasteiger partial charge in [0.25, 0.3) is 0 Å². The molecule has 0 amide bonds. The van der Waals surface area contributed by atoms with Crippen molar-refractivity contribution in [2.75, 3.05) is 0 Å². The summed E-state index contributed by atoms with van der Waals surface area (Å²) in [5.74, 6) is 1.52. The van der Waals surface area contributed by atoms with E-state index in [0.717, 1.165) is 54.4 Å². The largest absolute Gasteiger partial charge is 0.295 e. The average Bonchev–Trinajstić information content (AvgIpc) is 3.10. The van der Waals surface area contributed by atoms with Crippen molar-refractivity contribution in [2.45, 2.75) is 59.3 Å². The summed E-state index contributed by atoms with van der Waals surface area (Å²) in [7, 11) is 0. The summed E-state index contributed by atoms with van der Waals surface area (Å²) >= 11 is 0.526. The maximum Gasteiger partial charge on any atom is 0.156 e. The van der Waals surface area contributed by atoms with Gasteiger partial charge in [-0.3, -0.25) is 9.59 Å². The van der Waals surface area contributed by atoms with Crippen molar-refractivity contribution in [1.82, 2.24) is 0 Å². The van der Waals surface area contributed by atoms with Crippen LogP contribution in [-0.2, 0) is 20.8 Å². The molecule has 3 nitrogen and oxygen atoms in total. The Labute approximate surface area is 200 Å². The zero-order valence-corrected chi connectivity index (χ0v) is 20.6. The Bertz CT molecular complexity index is 1180. The molecule has 0 radical (unpaired) electrons. The van der Waals surface area contributed by atoms with Gasteiger partial charge in [0.2, 0.25) is 0 Å². The van der Waals surface area contributed by atoms with Gasteiger partial charge in [0.1, 0.15) is 0 Å². The topological polar surface area (TPSA) is 51.2 Å². The first-order valence-corrected chi connectivity index (χ1v) is 12.8. The van der Waals surface area contributed by atoms with Gasteiger partial charge in [-0.2, -0.15) is 0 Å². The summed E-state index contributed by atoms with van der Waals surface area (Å²) < 4.78 is 12.4. The number of hydrogen-bond acceptors (Lipinski definition) is 3. The summed E-state index contributed by atoms with van der Waals surface area (Å²) in [5.41, 5.74) is 4.78. The van der Waals surface area contributed by atoms with Crippen LogP contribution in [0.1, 0.15) is 64.9 Å². The van der Waals surface area contributed by atoms with E-state index in [9.17, 15) is 13.8 Å². The summed E-state index contributed by atoms with van der Waals surface area (Å²) in [6.45, 7) is 10.7. The SMILES string of the molecule is C=C1C[C@@H]2[C@H](CC[C@]3(C)C(C(C)=O)=C(C(=S=O)c4ccccc4)C[C@@H]23)[C@@]2(C)CCC(=O)C=C12. The molecule has 0 aromatic heterocycles. The number of rotatable bonds is 3. The highest BCUT2D eigenvalue weighted by molar-refractivity contribution is 7.67. The predicted molar refractivity (Wildman–Crippen MR) is 133 cm³/mol. The second kappa shape index (κ2) is 7.87. The molecule has 0 saturated heterocycles. The van der Waals surface area contributed by atoms with Crippen molar-refractivity contribution in [1.29, 1.82) is 0 Å². The highest BCUT2D eigenvalue weighted by Crippen LogP contribution is 2.67. The third kappa shape index (κ3) is 3.24. The van der Waals surface area contributed by atoms with Gasteiger partial charge in [0, 0.05) is 12.0 Å². The first kappa shape index (κ1) is 22.5. The van der Waals surface area contributed by atoms with Crippen LogP contribution in [0.5, 0.6) is 0 Å². The van der Waals surface area contributed by atoms with Gasteiger partial charge >= 0.3 is 0 Å². The van der Waals surface area contributed by atoms with Crippen LogP contribution in [0.25, 0.3) is 0 Å². The van der Waals surface area contributed by atoms with Gasteiger partial charge < -0.3 is 0 Å². The van der Waals surface area contributed by atoms with Crippen LogP contribution in [0.4, 0.5) is 0 Å². The molecule has 0 N–H and O–H groups in total. The van der Waals surface area contributed by atoms with Crippen LogP contribution in [0, 0.1) is 28.6 Å². The van der Waals surface area contributed by atoms with Crippen LogP contribution in [0.2, 0.25) is 0 Å². The second-order valence-electron chi connectivity index (χ2n) is 11.0. The summed E-state index contributed by atoms with van der Waals surface area (Å²) in [6.07, 6.45) is 7.01. The van der Waals surface area contributed by atoms with Crippen molar-refractivity contribution in [3.05, 3.63) is 70.8 Å². The minimum absolute atomic E-state index is 0.0202. The van der Waals surface area contributed by atoms with Gasteiger partial charge in [-0.05, 0) is 90.4 Å². The molecule has 4 aliphatic rings. The minimum Gasteiger partial charge on any atom is -0.295 e. The van der Waals surface area contributed by atoms with Gasteiger partial charge in [-0.15, -0.1) is 0 Å². The van der Waals surface area contributed by atoms with Crippen LogP contribution in [0.3, 0.4) is 0 Å². The van der Waals surface area contributed by atoms with E-state index in [1.807, 2.05) is 36.4 Å². The lowest BCUT2D eigenvalue weighted by atomic mass is 9.46. The maximum atomic E-state index is 13.1. The summed E-state index contributed by atoms with van der Waals surface area (Å²) in [5, 5.41) is 0. The number of carbonyl (C=O) groups excluding carboxylic acids is 2. The molecule has 5 atom stereocenters. The Morgan fingerprint density at radius 2 is 1.79 bits per heavy atom. The van der Waals surface area contributed by atoms with Crippen molar-refractivity contribution in [3.63, 3.8) is 0 Å². The zero-order chi connectivity index (χ0) is 23.5. The molecule has 0 heterocycles. The van der Waals surface area contributed by atoms with Crippen LogP contribution in [-0.4, -0.2) is 20.6 Å². The molecule has 2 saturated carbocycles. The molecule has 5 rings (SSSR count).